The van der Waals surface area contributed by atoms with Gasteiger partial charge in [0.1, 0.15) is 12.7 Å². The maximum absolute atomic E-state index is 12.6. The summed E-state index contributed by atoms with van der Waals surface area (Å²) in [7, 11) is 0. The van der Waals surface area contributed by atoms with Crippen molar-refractivity contribution in [3.05, 3.63) is 59.3 Å². The number of anilines is 1. The van der Waals surface area contributed by atoms with E-state index in [4.69, 9.17) is 0 Å². The number of rotatable bonds is 4. The van der Waals surface area contributed by atoms with E-state index in [9.17, 15) is 4.79 Å². The van der Waals surface area contributed by atoms with Gasteiger partial charge in [-0.25, -0.2) is 14.5 Å². The van der Waals surface area contributed by atoms with Crippen molar-refractivity contribution in [2.24, 2.45) is 5.41 Å². The Morgan fingerprint density at radius 2 is 2.00 bits per heavy atom. The molecular weight excluding hydrogens is 334 g/mol. The number of nitrogens with one attached hydrogen (secondary N) is 2. The summed E-state index contributed by atoms with van der Waals surface area (Å²) in [5.41, 5.74) is 1.33. The van der Waals surface area contributed by atoms with E-state index in [1.807, 2.05) is 41.8 Å². The van der Waals surface area contributed by atoms with Gasteiger partial charge in [0.15, 0.2) is 0 Å². The highest BCUT2D eigenvalue weighted by molar-refractivity contribution is 7.10. The molecule has 1 atom stereocenters. The molecule has 0 bridgehead atoms. The van der Waals surface area contributed by atoms with Crippen molar-refractivity contribution in [2.75, 3.05) is 5.32 Å². The highest BCUT2D eigenvalue weighted by atomic mass is 32.1. The van der Waals surface area contributed by atoms with Crippen molar-refractivity contribution in [3.8, 4) is 5.69 Å². The lowest BCUT2D eigenvalue weighted by Crippen LogP contribution is -2.38. The van der Waals surface area contributed by atoms with Crippen molar-refractivity contribution >= 4 is 23.1 Å². The van der Waals surface area contributed by atoms with Crippen LogP contribution in [0.4, 0.5) is 10.5 Å². The summed E-state index contributed by atoms with van der Waals surface area (Å²) in [6, 6.07) is 11.2. The van der Waals surface area contributed by atoms with E-state index in [1.165, 1.54) is 6.33 Å². The predicted octanol–water partition coefficient (Wildman–Crippen LogP) is 4.24. The van der Waals surface area contributed by atoms with E-state index in [2.05, 4.69) is 41.5 Å². The summed E-state index contributed by atoms with van der Waals surface area (Å²) in [5, 5.41) is 12.2. The Balaban J connectivity index is 1.79. The Bertz CT molecular complexity index is 822. The summed E-state index contributed by atoms with van der Waals surface area (Å²) in [6.45, 7) is 6.34. The van der Waals surface area contributed by atoms with Crippen LogP contribution in [0.15, 0.2) is 54.4 Å². The highest BCUT2D eigenvalue weighted by Gasteiger charge is 2.28. The van der Waals surface area contributed by atoms with Gasteiger partial charge >= 0.3 is 6.03 Å². The lowest BCUT2D eigenvalue weighted by atomic mass is 9.86. The van der Waals surface area contributed by atoms with E-state index < -0.39 is 0 Å². The number of para-hydroxylation sites is 2. The van der Waals surface area contributed by atoms with Gasteiger partial charge in [0.2, 0.25) is 0 Å². The molecule has 0 aliphatic heterocycles. The first-order valence-electron chi connectivity index (χ1n) is 8.00. The molecule has 0 saturated heterocycles. The smallest absolute Gasteiger partial charge is 0.319 e. The number of carbonyl (C=O) groups is 1. The van der Waals surface area contributed by atoms with Gasteiger partial charge < -0.3 is 10.6 Å². The standard InChI is InChI=1S/C18H21N5OS/c1-18(2,3)16(15-9-6-10-25-15)22-17(24)21-13-7-4-5-8-14(13)23-12-19-11-20-23/h4-12,16H,1-3H3,(H2,21,22,24)/t16-/m0/s1. The zero-order valence-electron chi connectivity index (χ0n) is 14.4. The average molecular weight is 355 g/mol. The van der Waals surface area contributed by atoms with Gasteiger partial charge in [-0.3, -0.25) is 0 Å². The maximum atomic E-state index is 12.6. The SMILES string of the molecule is CC(C)(C)[C@@H](NC(=O)Nc1ccccc1-n1cncn1)c1cccs1. The molecule has 3 rings (SSSR count). The van der Waals surface area contributed by atoms with E-state index in [-0.39, 0.29) is 17.5 Å². The first-order valence-corrected chi connectivity index (χ1v) is 8.88. The fourth-order valence-electron chi connectivity index (χ4n) is 2.57. The van der Waals surface area contributed by atoms with E-state index in [0.29, 0.717) is 5.69 Å². The second kappa shape index (κ2) is 7.06. The van der Waals surface area contributed by atoms with Crippen LogP contribution in [0, 0.1) is 5.41 Å². The molecule has 0 spiro atoms. The first kappa shape index (κ1) is 17.2. The number of nitrogens with zero attached hydrogens (tertiary/aromatic N) is 3. The molecule has 2 N–H and O–H groups in total. The second-order valence-electron chi connectivity index (χ2n) is 6.77. The van der Waals surface area contributed by atoms with Gasteiger partial charge in [-0.05, 0) is 29.0 Å². The molecule has 6 nitrogen and oxygen atoms in total. The predicted molar refractivity (Wildman–Crippen MR) is 100 cm³/mol. The zero-order valence-corrected chi connectivity index (χ0v) is 15.2. The third-order valence-electron chi connectivity index (χ3n) is 3.79. The Morgan fingerprint density at radius 3 is 2.64 bits per heavy atom. The van der Waals surface area contributed by atoms with Gasteiger partial charge in [0.05, 0.1) is 17.4 Å². The minimum absolute atomic E-state index is 0.0777. The lowest BCUT2D eigenvalue weighted by molar-refractivity contribution is 0.230. The quantitative estimate of drug-likeness (QED) is 0.735. The average Bonchev–Trinajstić information content (AvgIpc) is 3.25. The molecule has 3 aromatic rings. The first-order chi connectivity index (χ1) is 11.9. The van der Waals surface area contributed by atoms with E-state index in [0.717, 1.165) is 10.6 Å². The van der Waals surface area contributed by atoms with Crippen molar-refractivity contribution in [1.29, 1.82) is 0 Å². The zero-order chi connectivity index (χ0) is 17.9. The van der Waals surface area contributed by atoms with Gasteiger partial charge in [-0.1, -0.05) is 39.0 Å². The molecule has 0 aliphatic carbocycles. The molecule has 2 aromatic heterocycles. The highest BCUT2D eigenvalue weighted by Crippen LogP contribution is 2.35. The van der Waals surface area contributed by atoms with Crippen LogP contribution >= 0.6 is 11.3 Å². The van der Waals surface area contributed by atoms with Crippen LogP contribution in [0.2, 0.25) is 0 Å². The minimum Gasteiger partial charge on any atom is -0.330 e. The molecule has 2 amide bonds. The Kier molecular flexibility index (Phi) is 4.85. The number of aromatic nitrogens is 3. The molecule has 2 heterocycles. The molecule has 0 fully saturated rings. The minimum atomic E-state index is -0.249. The van der Waals surface area contributed by atoms with Crippen LogP contribution in [0.1, 0.15) is 31.7 Å². The van der Waals surface area contributed by atoms with Crippen LogP contribution in [-0.2, 0) is 0 Å². The Labute approximate surface area is 150 Å². The molecular formula is C18H21N5OS. The monoisotopic (exact) mass is 355 g/mol. The van der Waals surface area contributed by atoms with Gasteiger partial charge in [-0.2, -0.15) is 5.10 Å². The van der Waals surface area contributed by atoms with Gasteiger partial charge in [-0.15, -0.1) is 11.3 Å². The maximum Gasteiger partial charge on any atom is 0.319 e. The summed E-state index contributed by atoms with van der Waals surface area (Å²) in [6.07, 6.45) is 3.06. The van der Waals surface area contributed by atoms with Crippen LogP contribution in [0.3, 0.4) is 0 Å². The summed E-state index contributed by atoms with van der Waals surface area (Å²) >= 11 is 1.64. The molecule has 7 heteroatoms. The third-order valence-corrected chi connectivity index (χ3v) is 4.72. The molecule has 0 aliphatic rings. The molecule has 0 saturated carbocycles. The van der Waals surface area contributed by atoms with Crippen LogP contribution in [-0.4, -0.2) is 20.8 Å². The number of benzene rings is 1. The molecule has 25 heavy (non-hydrogen) atoms. The van der Waals surface area contributed by atoms with Gasteiger partial charge in [0.25, 0.3) is 0 Å². The molecule has 0 unspecified atom stereocenters. The van der Waals surface area contributed by atoms with E-state index in [1.54, 1.807) is 22.3 Å². The Morgan fingerprint density at radius 1 is 1.20 bits per heavy atom. The van der Waals surface area contributed by atoms with Crippen LogP contribution < -0.4 is 10.6 Å². The molecule has 130 valence electrons. The fraction of sp³-hybridized carbons (Fsp3) is 0.278. The number of carbonyl (C=O) groups excluding carboxylic acids is 1. The van der Waals surface area contributed by atoms with Crippen molar-refractivity contribution in [1.82, 2.24) is 20.1 Å². The molecule has 0 radical (unpaired) electrons. The number of hydrogen-bond donors (Lipinski definition) is 2. The van der Waals surface area contributed by atoms with Crippen molar-refractivity contribution in [2.45, 2.75) is 26.8 Å². The number of urea groups is 1. The number of thiophene rings is 1. The van der Waals surface area contributed by atoms with E-state index >= 15 is 0 Å². The third kappa shape index (κ3) is 4.06. The summed E-state index contributed by atoms with van der Waals surface area (Å²) in [5.74, 6) is 0. The topological polar surface area (TPSA) is 71.8 Å². The number of hydrogen-bond acceptors (Lipinski definition) is 4. The lowest BCUT2D eigenvalue weighted by Gasteiger charge is -2.30. The Hall–Kier alpha value is -2.67. The van der Waals surface area contributed by atoms with Crippen molar-refractivity contribution < 1.29 is 4.79 Å². The summed E-state index contributed by atoms with van der Waals surface area (Å²) in [4.78, 5) is 17.7. The number of amides is 2. The largest absolute Gasteiger partial charge is 0.330 e. The fourth-order valence-corrected chi connectivity index (χ4v) is 3.59. The van der Waals surface area contributed by atoms with Crippen LogP contribution in [0.25, 0.3) is 5.69 Å². The van der Waals surface area contributed by atoms with Gasteiger partial charge in [0, 0.05) is 4.88 Å². The van der Waals surface area contributed by atoms with Crippen LogP contribution in [0.5, 0.6) is 0 Å². The molecule has 1 aromatic carbocycles. The summed E-state index contributed by atoms with van der Waals surface area (Å²) < 4.78 is 1.62. The van der Waals surface area contributed by atoms with Crippen molar-refractivity contribution in [3.63, 3.8) is 0 Å². The second-order valence-corrected chi connectivity index (χ2v) is 7.75. The normalized spacial score (nSPS) is 12.6.